The van der Waals surface area contributed by atoms with Gasteiger partial charge in [-0.2, -0.15) is 5.26 Å². The second-order valence-electron chi connectivity index (χ2n) is 2.50. The largest absolute Gasteiger partial charge is 0.384 e. The molecule has 2 rings (SSSR count). The van der Waals surface area contributed by atoms with Crippen LogP contribution < -0.4 is 11.3 Å². The SMILES string of the molecule is N#Cc1c(N)[nH]c2[nH]c(=O)cnc12. The Kier molecular flexibility index (Phi) is 1.33. The molecule has 13 heavy (non-hydrogen) atoms. The number of fused-ring (bicyclic) bond motifs is 1. The molecule has 2 aromatic heterocycles. The second kappa shape index (κ2) is 2.35. The van der Waals surface area contributed by atoms with E-state index in [1.165, 1.54) is 0 Å². The molecule has 64 valence electrons. The predicted molar refractivity (Wildman–Crippen MR) is 45.8 cm³/mol. The number of anilines is 1. The number of hydrogen-bond donors (Lipinski definition) is 3. The van der Waals surface area contributed by atoms with Crippen molar-refractivity contribution in [3.8, 4) is 6.07 Å². The molecule has 0 aromatic carbocycles. The van der Waals surface area contributed by atoms with Crippen molar-refractivity contribution in [1.29, 1.82) is 5.26 Å². The topological polar surface area (TPSA) is 111 Å². The van der Waals surface area contributed by atoms with Crippen molar-refractivity contribution >= 4 is 17.0 Å². The summed E-state index contributed by atoms with van der Waals surface area (Å²) in [6.45, 7) is 0. The van der Waals surface area contributed by atoms with E-state index in [-0.39, 0.29) is 16.9 Å². The maximum Gasteiger partial charge on any atom is 0.267 e. The van der Waals surface area contributed by atoms with E-state index in [4.69, 9.17) is 11.0 Å². The lowest BCUT2D eigenvalue weighted by atomic mass is 10.3. The zero-order valence-electron chi connectivity index (χ0n) is 6.46. The summed E-state index contributed by atoms with van der Waals surface area (Å²) in [5, 5.41) is 8.69. The number of nitriles is 1. The Morgan fingerprint density at radius 3 is 3.00 bits per heavy atom. The maximum atomic E-state index is 10.8. The minimum Gasteiger partial charge on any atom is -0.384 e. The summed E-state index contributed by atoms with van der Waals surface area (Å²) in [5.74, 6) is 0.215. The third-order valence-electron chi connectivity index (χ3n) is 1.67. The van der Waals surface area contributed by atoms with Gasteiger partial charge >= 0.3 is 0 Å². The Balaban J connectivity index is 2.97. The summed E-state index contributed by atoms with van der Waals surface area (Å²) in [5.41, 5.74) is 6.16. The van der Waals surface area contributed by atoms with Crippen LogP contribution in [0, 0.1) is 11.3 Å². The third kappa shape index (κ3) is 0.945. The number of aromatic amines is 2. The fourth-order valence-corrected chi connectivity index (χ4v) is 1.12. The molecule has 2 heterocycles. The van der Waals surface area contributed by atoms with Crippen LogP contribution in [0.1, 0.15) is 5.56 Å². The Morgan fingerprint density at radius 2 is 2.31 bits per heavy atom. The molecule has 0 aliphatic rings. The standard InChI is InChI=1S/C7H5N5O/c8-1-3-5-7(12-6(3)9)11-4(13)2-10-5/h2H,9H2,(H2,11,12,13). The summed E-state index contributed by atoms with van der Waals surface area (Å²) in [7, 11) is 0. The molecule has 0 saturated heterocycles. The average Bonchev–Trinajstić information content (AvgIpc) is 2.39. The van der Waals surface area contributed by atoms with Gasteiger partial charge in [-0.3, -0.25) is 4.79 Å². The first kappa shape index (κ1) is 7.36. The molecule has 6 heteroatoms. The molecular formula is C7H5N5O. The van der Waals surface area contributed by atoms with Crippen molar-refractivity contribution in [3.05, 3.63) is 22.1 Å². The highest BCUT2D eigenvalue weighted by atomic mass is 16.1. The van der Waals surface area contributed by atoms with Crippen molar-refractivity contribution in [2.75, 3.05) is 5.73 Å². The van der Waals surface area contributed by atoms with Gasteiger partial charge in [0.2, 0.25) is 0 Å². The number of H-pyrrole nitrogens is 2. The summed E-state index contributed by atoms with van der Waals surface area (Å²) >= 11 is 0. The van der Waals surface area contributed by atoms with Crippen LogP contribution in [0.4, 0.5) is 5.82 Å². The minimum absolute atomic E-state index is 0.215. The lowest BCUT2D eigenvalue weighted by molar-refractivity contribution is 1.20. The number of nitrogens with two attached hydrogens (primary N) is 1. The molecule has 0 aliphatic carbocycles. The maximum absolute atomic E-state index is 10.8. The van der Waals surface area contributed by atoms with Crippen LogP contribution in [-0.2, 0) is 0 Å². The van der Waals surface area contributed by atoms with E-state index in [1.807, 2.05) is 6.07 Å². The molecule has 0 atom stereocenters. The Bertz CT molecular complexity index is 558. The second-order valence-corrected chi connectivity index (χ2v) is 2.50. The van der Waals surface area contributed by atoms with Gasteiger partial charge in [-0.25, -0.2) is 4.98 Å². The predicted octanol–water partition coefficient (Wildman–Crippen LogP) is -0.295. The van der Waals surface area contributed by atoms with Crippen LogP contribution in [0.25, 0.3) is 11.2 Å². The fourth-order valence-electron chi connectivity index (χ4n) is 1.12. The molecule has 0 radical (unpaired) electrons. The summed E-state index contributed by atoms with van der Waals surface area (Å²) in [4.78, 5) is 19.8. The third-order valence-corrected chi connectivity index (χ3v) is 1.67. The molecule has 0 bridgehead atoms. The van der Waals surface area contributed by atoms with E-state index in [0.717, 1.165) is 6.20 Å². The van der Waals surface area contributed by atoms with E-state index in [2.05, 4.69) is 15.0 Å². The first-order chi connectivity index (χ1) is 6.22. The van der Waals surface area contributed by atoms with E-state index in [1.54, 1.807) is 0 Å². The minimum atomic E-state index is -0.335. The van der Waals surface area contributed by atoms with Gasteiger partial charge in [0.25, 0.3) is 5.56 Å². The first-order valence-corrected chi connectivity index (χ1v) is 3.49. The summed E-state index contributed by atoms with van der Waals surface area (Å²) < 4.78 is 0. The molecule has 0 unspecified atom stereocenters. The van der Waals surface area contributed by atoms with Crippen molar-refractivity contribution in [2.24, 2.45) is 0 Å². The van der Waals surface area contributed by atoms with Crippen molar-refractivity contribution in [2.45, 2.75) is 0 Å². The van der Waals surface area contributed by atoms with E-state index < -0.39 is 0 Å². The van der Waals surface area contributed by atoms with Crippen LogP contribution in [0.2, 0.25) is 0 Å². The number of nitrogens with one attached hydrogen (secondary N) is 2. The normalized spacial score (nSPS) is 10.1. The monoisotopic (exact) mass is 175 g/mol. The van der Waals surface area contributed by atoms with Gasteiger partial charge in [0.15, 0.2) is 0 Å². The van der Waals surface area contributed by atoms with Crippen molar-refractivity contribution in [1.82, 2.24) is 15.0 Å². The van der Waals surface area contributed by atoms with Crippen LogP contribution in [0.3, 0.4) is 0 Å². The number of aromatic nitrogens is 3. The lowest BCUT2D eigenvalue weighted by Crippen LogP contribution is -2.04. The highest BCUT2D eigenvalue weighted by Crippen LogP contribution is 2.17. The summed E-state index contributed by atoms with van der Waals surface area (Å²) in [6, 6.07) is 1.90. The Labute approximate surface area is 72.0 Å². The Morgan fingerprint density at radius 1 is 1.54 bits per heavy atom. The van der Waals surface area contributed by atoms with E-state index in [0.29, 0.717) is 11.2 Å². The quantitative estimate of drug-likeness (QED) is 0.510. The van der Waals surface area contributed by atoms with Gasteiger partial charge in [-0.05, 0) is 0 Å². The van der Waals surface area contributed by atoms with Crippen LogP contribution in [0.5, 0.6) is 0 Å². The zero-order valence-corrected chi connectivity index (χ0v) is 6.46. The smallest absolute Gasteiger partial charge is 0.267 e. The number of hydrogen-bond acceptors (Lipinski definition) is 4. The Hall–Kier alpha value is -2.29. The number of nitrogen functional groups attached to an aromatic ring is 1. The average molecular weight is 175 g/mol. The van der Waals surface area contributed by atoms with Gasteiger partial charge in [-0.15, -0.1) is 0 Å². The van der Waals surface area contributed by atoms with Crippen LogP contribution >= 0.6 is 0 Å². The highest BCUT2D eigenvalue weighted by molar-refractivity contribution is 5.84. The zero-order chi connectivity index (χ0) is 9.42. The molecule has 0 saturated carbocycles. The molecule has 0 amide bonds. The van der Waals surface area contributed by atoms with Crippen molar-refractivity contribution < 1.29 is 0 Å². The lowest BCUT2D eigenvalue weighted by Gasteiger charge is -1.85. The molecule has 0 spiro atoms. The van der Waals surface area contributed by atoms with Crippen LogP contribution in [-0.4, -0.2) is 15.0 Å². The first-order valence-electron chi connectivity index (χ1n) is 3.49. The van der Waals surface area contributed by atoms with Gasteiger partial charge in [0.05, 0.1) is 6.20 Å². The number of nitrogens with zero attached hydrogens (tertiary/aromatic N) is 2. The number of rotatable bonds is 0. The molecule has 0 aliphatic heterocycles. The van der Waals surface area contributed by atoms with Gasteiger partial charge in [0, 0.05) is 0 Å². The fraction of sp³-hybridized carbons (Fsp3) is 0. The molecule has 0 fully saturated rings. The highest BCUT2D eigenvalue weighted by Gasteiger charge is 2.09. The van der Waals surface area contributed by atoms with Crippen LogP contribution in [0.15, 0.2) is 11.0 Å². The molecular weight excluding hydrogens is 170 g/mol. The van der Waals surface area contributed by atoms with E-state index in [9.17, 15) is 4.79 Å². The van der Waals surface area contributed by atoms with Gasteiger partial charge in [-0.1, -0.05) is 0 Å². The molecule has 2 aromatic rings. The van der Waals surface area contributed by atoms with Gasteiger partial charge in [0.1, 0.15) is 28.6 Å². The van der Waals surface area contributed by atoms with Gasteiger partial charge < -0.3 is 15.7 Å². The summed E-state index contributed by atoms with van der Waals surface area (Å²) in [6.07, 6.45) is 1.11. The van der Waals surface area contributed by atoms with E-state index >= 15 is 0 Å². The van der Waals surface area contributed by atoms with Crippen molar-refractivity contribution in [3.63, 3.8) is 0 Å². The molecule has 6 nitrogen and oxygen atoms in total. The molecule has 4 N–H and O–H groups in total.